The van der Waals surface area contributed by atoms with Gasteiger partial charge in [-0.1, -0.05) is 37.6 Å². The van der Waals surface area contributed by atoms with Gasteiger partial charge in [0.15, 0.2) is 11.0 Å². The molecule has 0 radical (unpaired) electrons. The van der Waals surface area contributed by atoms with Crippen LogP contribution in [0.3, 0.4) is 0 Å². The molecular formula is C29H36N4O4S2. The fourth-order valence-corrected chi connectivity index (χ4v) is 6.52. The van der Waals surface area contributed by atoms with Gasteiger partial charge in [0.05, 0.1) is 24.5 Å². The maximum Gasteiger partial charge on any atom is 0.341 e. The van der Waals surface area contributed by atoms with Crippen LogP contribution in [0.2, 0.25) is 0 Å². The summed E-state index contributed by atoms with van der Waals surface area (Å²) in [6, 6.07) is 7.79. The number of anilines is 1. The Balaban J connectivity index is 1.46. The highest BCUT2D eigenvalue weighted by Crippen LogP contribution is 2.38. The first kappa shape index (κ1) is 28.9. The van der Waals surface area contributed by atoms with Crippen molar-refractivity contribution in [2.75, 3.05) is 24.3 Å². The third-order valence-corrected chi connectivity index (χ3v) is 8.57. The van der Waals surface area contributed by atoms with Gasteiger partial charge in [0, 0.05) is 17.0 Å². The molecule has 4 rings (SSSR count). The number of allylic oxidation sites excluding steroid dienone is 1. The zero-order valence-corrected chi connectivity index (χ0v) is 24.3. The zero-order valence-electron chi connectivity index (χ0n) is 22.7. The molecule has 0 spiro atoms. The second-order valence-corrected chi connectivity index (χ2v) is 11.3. The number of rotatable bonds is 13. The number of aromatic nitrogens is 3. The summed E-state index contributed by atoms with van der Waals surface area (Å²) < 4.78 is 13.0. The summed E-state index contributed by atoms with van der Waals surface area (Å²) in [7, 11) is 0. The van der Waals surface area contributed by atoms with Gasteiger partial charge >= 0.3 is 5.97 Å². The molecule has 208 valence electrons. The number of thioether (sulfide) groups is 1. The Kier molecular flexibility index (Phi) is 10.6. The average Bonchev–Trinajstić information content (AvgIpc) is 3.40. The molecule has 0 saturated carbocycles. The number of carbonyl (C=O) groups excluding carboxylic acids is 2. The molecule has 0 bridgehead atoms. The first-order chi connectivity index (χ1) is 19.0. The van der Waals surface area contributed by atoms with E-state index in [0.29, 0.717) is 41.3 Å². The number of thiophene rings is 1. The Hall–Kier alpha value is -3.11. The molecule has 1 aromatic carbocycles. The van der Waals surface area contributed by atoms with Gasteiger partial charge in [0.25, 0.3) is 0 Å². The van der Waals surface area contributed by atoms with Crippen LogP contribution in [0, 0.1) is 0 Å². The Morgan fingerprint density at radius 3 is 2.69 bits per heavy atom. The van der Waals surface area contributed by atoms with Crippen molar-refractivity contribution in [2.24, 2.45) is 0 Å². The highest BCUT2D eigenvalue weighted by atomic mass is 32.2. The van der Waals surface area contributed by atoms with Crippen molar-refractivity contribution in [2.45, 2.75) is 70.5 Å². The molecule has 10 heteroatoms. The quantitative estimate of drug-likeness (QED) is 0.0821. The van der Waals surface area contributed by atoms with E-state index < -0.39 is 0 Å². The van der Waals surface area contributed by atoms with Crippen LogP contribution in [0.25, 0.3) is 11.4 Å². The van der Waals surface area contributed by atoms with Gasteiger partial charge in [-0.15, -0.1) is 28.1 Å². The number of fused-ring (bicyclic) bond motifs is 1. The van der Waals surface area contributed by atoms with E-state index in [1.54, 1.807) is 13.0 Å². The first-order valence-corrected chi connectivity index (χ1v) is 15.4. The minimum Gasteiger partial charge on any atom is -0.494 e. The third kappa shape index (κ3) is 7.30. The Bertz CT molecular complexity index is 1280. The fraction of sp³-hybridized carbons (Fsp3) is 0.448. The molecule has 0 fully saturated rings. The molecule has 8 nitrogen and oxygen atoms in total. The summed E-state index contributed by atoms with van der Waals surface area (Å²) in [5.74, 6) is 1.08. The summed E-state index contributed by atoms with van der Waals surface area (Å²) in [4.78, 5) is 27.0. The highest BCUT2D eigenvalue weighted by Gasteiger charge is 2.27. The summed E-state index contributed by atoms with van der Waals surface area (Å²) in [6.07, 6.45) is 8.92. The van der Waals surface area contributed by atoms with Crippen LogP contribution in [0.15, 0.2) is 42.1 Å². The number of benzene rings is 1. The molecule has 0 saturated heterocycles. The SMILES string of the molecule is C=CCn1c(SCC(=O)Nc2sc3c(c2C(=O)OCC)CCCCC3)nnc1-c1ccc(OCCCC)cc1. The fourth-order valence-electron chi connectivity index (χ4n) is 4.48. The second kappa shape index (κ2) is 14.3. The number of unbranched alkanes of at least 4 members (excludes halogenated alkanes) is 1. The number of aryl methyl sites for hydroxylation is 1. The van der Waals surface area contributed by atoms with Crippen molar-refractivity contribution in [3.05, 3.63) is 52.9 Å². The van der Waals surface area contributed by atoms with E-state index in [0.717, 1.165) is 61.8 Å². The van der Waals surface area contributed by atoms with Crippen LogP contribution in [0.1, 0.15) is 66.8 Å². The summed E-state index contributed by atoms with van der Waals surface area (Å²) in [5, 5.41) is 12.9. The zero-order chi connectivity index (χ0) is 27.6. The van der Waals surface area contributed by atoms with Gasteiger partial charge < -0.3 is 14.8 Å². The topological polar surface area (TPSA) is 95.3 Å². The number of carbonyl (C=O) groups is 2. The Labute approximate surface area is 238 Å². The number of nitrogens with zero attached hydrogens (tertiary/aromatic N) is 3. The van der Waals surface area contributed by atoms with Crippen molar-refractivity contribution >= 4 is 40.0 Å². The van der Waals surface area contributed by atoms with E-state index in [-0.39, 0.29) is 17.6 Å². The number of amides is 1. The van der Waals surface area contributed by atoms with Crippen molar-refractivity contribution in [1.29, 1.82) is 0 Å². The Morgan fingerprint density at radius 1 is 1.15 bits per heavy atom. The second-order valence-electron chi connectivity index (χ2n) is 9.26. The molecule has 2 heterocycles. The van der Waals surface area contributed by atoms with E-state index in [2.05, 4.69) is 29.0 Å². The molecule has 1 N–H and O–H groups in total. The lowest BCUT2D eigenvalue weighted by Crippen LogP contribution is -2.17. The number of esters is 1. The maximum absolute atomic E-state index is 13.0. The molecule has 3 aromatic rings. The number of nitrogens with one attached hydrogen (secondary N) is 1. The van der Waals surface area contributed by atoms with Crippen molar-refractivity contribution < 1.29 is 19.1 Å². The van der Waals surface area contributed by atoms with Crippen LogP contribution in [0.4, 0.5) is 5.00 Å². The molecule has 1 aliphatic carbocycles. The number of hydrogen-bond donors (Lipinski definition) is 1. The predicted octanol–water partition coefficient (Wildman–Crippen LogP) is 6.55. The van der Waals surface area contributed by atoms with Crippen LogP contribution < -0.4 is 10.1 Å². The molecule has 1 amide bonds. The largest absolute Gasteiger partial charge is 0.494 e. The van der Waals surface area contributed by atoms with Gasteiger partial charge in [0.2, 0.25) is 5.91 Å². The molecular weight excluding hydrogens is 532 g/mol. The molecule has 2 aromatic heterocycles. The Morgan fingerprint density at radius 2 is 1.95 bits per heavy atom. The third-order valence-electron chi connectivity index (χ3n) is 6.39. The summed E-state index contributed by atoms with van der Waals surface area (Å²) in [5.41, 5.74) is 2.47. The van der Waals surface area contributed by atoms with Crippen LogP contribution in [0.5, 0.6) is 5.75 Å². The molecule has 0 aliphatic heterocycles. The van der Waals surface area contributed by atoms with Gasteiger partial charge in [-0.05, 0) is 68.9 Å². The van der Waals surface area contributed by atoms with Crippen LogP contribution in [-0.4, -0.2) is 45.6 Å². The molecule has 39 heavy (non-hydrogen) atoms. The van der Waals surface area contributed by atoms with E-state index in [1.807, 2.05) is 28.8 Å². The van der Waals surface area contributed by atoms with E-state index in [9.17, 15) is 9.59 Å². The summed E-state index contributed by atoms with van der Waals surface area (Å²) in [6.45, 7) is 9.29. The molecule has 0 atom stereocenters. The van der Waals surface area contributed by atoms with E-state index in [1.165, 1.54) is 28.0 Å². The minimum atomic E-state index is -0.364. The minimum absolute atomic E-state index is 0.129. The van der Waals surface area contributed by atoms with E-state index in [4.69, 9.17) is 9.47 Å². The average molecular weight is 569 g/mol. The van der Waals surface area contributed by atoms with Gasteiger partial charge in [0.1, 0.15) is 10.8 Å². The van der Waals surface area contributed by atoms with Gasteiger partial charge in [-0.2, -0.15) is 0 Å². The van der Waals surface area contributed by atoms with Crippen LogP contribution >= 0.6 is 23.1 Å². The first-order valence-electron chi connectivity index (χ1n) is 13.6. The molecule has 1 aliphatic rings. The standard InChI is InChI=1S/C29H36N4O4S2/c1-4-7-18-37-21-15-13-20(14-16-21)26-31-32-29(33(26)17-5-2)38-19-24(34)30-27-25(28(35)36-6-3)22-11-9-8-10-12-23(22)39-27/h5,13-16H,2,4,6-12,17-19H2,1,3H3,(H,30,34). The monoisotopic (exact) mass is 568 g/mol. The van der Waals surface area contributed by atoms with Crippen LogP contribution in [-0.2, 0) is 28.9 Å². The van der Waals surface area contributed by atoms with Crippen molar-refractivity contribution in [3.8, 4) is 17.1 Å². The van der Waals surface area contributed by atoms with Gasteiger partial charge in [-0.25, -0.2) is 4.79 Å². The predicted molar refractivity (Wildman–Crippen MR) is 157 cm³/mol. The van der Waals surface area contributed by atoms with Crippen molar-refractivity contribution in [3.63, 3.8) is 0 Å². The normalized spacial score (nSPS) is 12.9. The maximum atomic E-state index is 13.0. The lowest BCUT2D eigenvalue weighted by molar-refractivity contribution is -0.113. The highest BCUT2D eigenvalue weighted by molar-refractivity contribution is 7.99. The summed E-state index contributed by atoms with van der Waals surface area (Å²) >= 11 is 2.80. The lowest BCUT2D eigenvalue weighted by Gasteiger charge is -2.10. The molecule has 0 unspecified atom stereocenters. The lowest BCUT2D eigenvalue weighted by atomic mass is 10.1. The van der Waals surface area contributed by atoms with Gasteiger partial charge in [-0.3, -0.25) is 9.36 Å². The smallest absolute Gasteiger partial charge is 0.341 e. The number of hydrogen-bond acceptors (Lipinski definition) is 8. The van der Waals surface area contributed by atoms with E-state index >= 15 is 0 Å². The van der Waals surface area contributed by atoms with Crippen molar-refractivity contribution in [1.82, 2.24) is 14.8 Å². The number of ether oxygens (including phenoxy) is 2.